The molecule has 0 fully saturated rings. The van der Waals surface area contributed by atoms with E-state index in [-0.39, 0.29) is 16.7 Å². The number of hydrogen-bond acceptors (Lipinski definition) is 5. The van der Waals surface area contributed by atoms with Gasteiger partial charge < -0.3 is 10.1 Å². The van der Waals surface area contributed by atoms with E-state index < -0.39 is 14.8 Å². The molecule has 0 atom stereocenters. The summed E-state index contributed by atoms with van der Waals surface area (Å²) >= 11 is 0. The van der Waals surface area contributed by atoms with Crippen molar-refractivity contribution in [2.75, 3.05) is 5.75 Å². The van der Waals surface area contributed by atoms with E-state index in [1.54, 1.807) is 0 Å². The van der Waals surface area contributed by atoms with Crippen molar-refractivity contribution in [1.29, 1.82) is 0 Å². The van der Waals surface area contributed by atoms with Crippen LogP contribution < -0.4 is 0 Å². The van der Waals surface area contributed by atoms with Crippen LogP contribution in [0.4, 0.5) is 5.82 Å². The first-order chi connectivity index (χ1) is 6.40. The van der Waals surface area contributed by atoms with Crippen molar-refractivity contribution in [3.63, 3.8) is 0 Å². The Bertz CT molecular complexity index is 461. The Hall–Kier alpha value is -1.44. The molecule has 1 aromatic heterocycles. The highest BCUT2D eigenvalue weighted by atomic mass is 32.2. The van der Waals surface area contributed by atoms with Crippen LogP contribution in [0.5, 0.6) is 0 Å². The molecule has 0 aliphatic rings. The summed E-state index contributed by atoms with van der Waals surface area (Å²) in [6, 6.07) is 0. The highest BCUT2D eigenvalue weighted by Gasteiger charge is 2.26. The zero-order valence-electron chi connectivity index (χ0n) is 7.67. The summed E-state index contributed by atoms with van der Waals surface area (Å²) in [5, 5.41) is 10.1. The number of rotatable bonds is 3. The molecule has 8 heteroatoms. The summed E-state index contributed by atoms with van der Waals surface area (Å²) in [6.45, 7) is 1.45. The molecule has 1 heterocycles. The van der Waals surface area contributed by atoms with E-state index in [2.05, 4.69) is 4.98 Å². The molecule has 78 valence electrons. The molecule has 0 N–H and O–H groups in total. The fourth-order valence-corrected chi connectivity index (χ4v) is 1.95. The van der Waals surface area contributed by atoms with Crippen LogP contribution in [-0.4, -0.2) is 28.6 Å². The van der Waals surface area contributed by atoms with Crippen LogP contribution in [0.15, 0.2) is 11.4 Å². The second-order valence-corrected chi connectivity index (χ2v) is 4.79. The van der Waals surface area contributed by atoms with Crippen molar-refractivity contribution in [1.82, 2.24) is 9.55 Å². The summed E-state index contributed by atoms with van der Waals surface area (Å²) in [7, 11) is -2.19. The SMILES string of the molecule is CCS(=O)(=O)c1ncc([N+](=O)[O-])n1C. The Morgan fingerprint density at radius 3 is 2.57 bits per heavy atom. The summed E-state index contributed by atoms with van der Waals surface area (Å²) < 4.78 is 23.7. The van der Waals surface area contributed by atoms with Crippen LogP contribution in [0.3, 0.4) is 0 Å². The van der Waals surface area contributed by atoms with Crippen molar-refractivity contribution in [2.45, 2.75) is 12.1 Å². The van der Waals surface area contributed by atoms with Crippen LogP contribution in [0.2, 0.25) is 0 Å². The van der Waals surface area contributed by atoms with E-state index in [9.17, 15) is 18.5 Å². The normalized spacial score (nSPS) is 11.6. The van der Waals surface area contributed by atoms with Crippen molar-refractivity contribution in [2.24, 2.45) is 7.05 Å². The molecule has 0 aliphatic heterocycles. The van der Waals surface area contributed by atoms with Crippen molar-refractivity contribution in [3.05, 3.63) is 16.3 Å². The van der Waals surface area contributed by atoms with Gasteiger partial charge in [0.2, 0.25) is 9.84 Å². The topological polar surface area (TPSA) is 95.1 Å². The van der Waals surface area contributed by atoms with Gasteiger partial charge in [-0.05, 0) is 4.92 Å². The first-order valence-electron chi connectivity index (χ1n) is 3.79. The van der Waals surface area contributed by atoms with Gasteiger partial charge >= 0.3 is 11.0 Å². The van der Waals surface area contributed by atoms with E-state index >= 15 is 0 Å². The molecule has 0 saturated carbocycles. The van der Waals surface area contributed by atoms with Crippen LogP contribution >= 0.6 is 0 Å². The highest BCUT2D eigenvalue weighted by Crippen LogP contribution is 2.16. The van der Waals surface area contributed by atoms with Gasteiger partial charge in [0.1, 0.15) is 6.20 Å². The average Bonchev–Trinajstić information content (AvgIpc) is 2.47. The maximum absolute atomic E-state index is 11.4. The average molecular weight is 219 g/mol. The predicted molar refractivity (Wildman–Crippen MR) is 47.6 cm³/mol. The molecule has 1 rings (SSSR count). The van der Waals surface area contributed by atoms with Gasteiger partial charge in [-0.3, -0.25) is 0 Å². The molecule has 0 unspecified atom stereocenters. The van der Waals surface area contributed by atoms with E-state index in [1.165, 1.54) is 14.0 Å². The molecule has 7 nitrogen and oxygen atoms in total. The third-order valence-electron chi connectivity index (χ3n) is 1.77. The van der Waals surface area contributed by atoms with Crippen molar-refractivity contribution >= 4 is 15.7 Å². The van der Waals surface area contributed by atoms with Gasteiger partial charge in [0.25, 0.3) is 0 Å². The molecule has 0 aromatic carbocycles. The lowest BCUT2D eigenvalue weighted by Gasteiger charge is -1.97. The predicted octanol–water partition coefficient (Wildman–Crippen LogP) is 0.122. The monoisotopic (exact) mass is 219 g/mol. The second-order valence-electron chi connectivity index (χ2n) is 2.62. The van der Waals surface area contributed by atoms with Gasteiger partial charge in [-0.25, -0.2) is 8.42 Å². The first-order valence-corrected chi connectivity index (χ1v) is 5.44. The number of hydrogen-bond donors (Lipinski definition) is 0. The fourth-order valence-electron chi connectivity index (χ4n) is 0.972. The Kier molecular flexibility index (Phi) is 2.56. The van der Waals surface area contributed by atoms with Gasteiger partial charge in [-0.15, -0.1) is 0 Å². The number of sulfone groups is 1. The second kappa shape index (κ2) is 3.37. The molecule has 0 spiro atoms. The molecular formula is C6H9N3O4S. The lowest BCUT2D eigenvalue weighted by molar-refractivity contribution is -0.392. The lowest BCUT2D eigenvalue weighted by Crippen LogP contribution is -2.11. The van der Waals surface area contributed by atoms with Crippen molar-refractivity contribution < 1.29 is 13.3 Å². The molecule has 1 aromatic rings. The van der Waals surface area contributed by atoms with E-state index in [0.29, 0.717) is 0 Å². The van der Waals surface area contributed by atoms with E-state index in [0.717, 1.165) is 10.8 Å². The van der Waals surface area contributed by atoms with E-state index in [4.69, 9.17) is 0 Å². The Labute approximate surface area is 80.4 Å². The largest absolute Gasteiger partial charge is 0.358 e. The molecule has 0 saturated heterocycles. The number of nitro groups is 1. The molecule has 0 radical (unpaired) electrons. The minimum Gasteiger partial charge on any atom is -0.358 e. The number of nitrogens with zero attached hydrogens (tertiary/aromatic N) is 3. The zero-order chi connectivity index (χ0) is 10.9. The van der Waals surface area contributed by atoms with Gasteiger partial charge in [-0.2, -0.15) is 9.55 Å². The van der Waals surface area contributed by atoms with Gasteiger partial charge in [0.05, 0.1) is 12.8 Å². The van der Waals surface area contributed by atoms with Crippen LogP contribution in [0.1, 0.15) is 6.92 Å². The summed E-state index contributed by atoms with van der Waals surface area (Å²) in [6.07, 6.45) is 0.933. The van der Waals surface area contributed by atoms with Gasteiger partial charge in [-0.1, -0.05) is 6.92 Å². The Morgan fingerprint density at radius 1 is 1.64 bits per heavy atom. The van der Waals surface area contributed by atoms with Gasteiger partial charge in [0, 0.05) is 0 Å². The minimum absolute atomic E-state index is 0.130. The minimum atomic E-state index is -3.49. The molecule has 0 aliphatic carbocycles. The maximum atomic E-state index is 11.4. The lowest BCUT2D eigenvalue weighted by atomic mass is 10.8. The third-order valence-corrected chi connectivity index (χ3v) is 3.46. The maximum Gasteiger partial charge on any atom is 0.343 e. The van der Waals surface area contributed by atoms with Crippen LogP contribution in [-0.2, 0) is 16.9 Å². The quantitative estimate of drug-likeness (QED) is 0.531. The summed E-state index contributed by atoms with van der Waals surface area (Å²) in [4.78, 5) is 13.2. The standard InChI is InChI=1S/C6H9N3O4S/c1-3-14(12,13)6-7-4-5(8(6)2)9(10)11/h4H,3H2,1-2H3. The Morgan fingerprint density at radius 2 is 2.21 bits per heavy atom. The summed E-state index contributed by atoms with van der Waals surface area (Å²) in [5.74, 6) is -0.466. The smallest absolute Gasteiger partial charge is 0.343 e. The molecule has 0 amide bonds. The zero-order valence-corrected chi connectivity index (χ0v) is 8.48. The number of imidazole rings is 1. The van der Waals surface area contributed by atoms with Gasteiger partial charge in [0.15, 0.2) is 0 Å². The Balaban J connectivity index is 3.34. The first kappa shape index (κ1) is 10.6. The highest BCUT2D eigenvalue weighted by molar-refractivity contribution is 7.91. The van der Waals surface area contributed by atoms with E-state index in [1.807, 2.05) is 0 Å². The molecule has 0 bridgehead atoms. The van der Waals surface area contributed by atoms with Crippen LogP contribution in [0, 0.1) is 10.1 Å². The molecule has 14 heavy (non-hydrogen) atoms. The molecular weight excluding hydrogens is 210 g/mol. The summed E-state index contributed by atoms with van der Waals surface area (Å²) in [5.41, 5.74) is 0. The van der Waals surface area contributed by atoms with Crippen molar-refractivity contribution in [3.8, 4) is 0 Å². The van der Waals surface area contributed by atoms with Crippen LogP contribution in [0.25, 0.3) is 0 Å². The number of aromatic nitrogens is 2. The third kappa shape index (κ3) is 1.60. The fraction of sp³-hybridized carbons (Fsp3) is 0.500.